The predicted molar refractivity (Wildman–Crippen MR) is 55.5 cm³/mol. The zero-order chi connectivity index (χ0) is 10.8. The maximum Gasteiger partial charge on any atom is 0.296 e. The summed E-state index contributed by atoms with van der Waals surface area (Å²) in [5, 5.41) is 16.4. The molecule has 0 bridgehead atoms. The molecule has 3 aromatic rings. The Morgan fingerprint density at radius 3 is 3.06 bits per heavy atom. The monoisotopic (exact) mass is 216 g/mol. The molecule has 0 saturated heterocycles. The number of benzene rings is 1. The molecule has 3 rings (SSSR count). The fourth-order valence-corrected chi connectivity index (χ4v) is 1.36. The normalized spacial score (nSPS) is 10.8. The summed E-state index contributed by atoms with van der Waals surface area (Å²) < 4.78 is 5.46. The van der Waals surface area contributed by atoms with Gasteiger partial charge in [0.1, 0.15) is 5.52 Å². The summed E-state index contributed by atoms with van der Waals surface area (Å²) in [6.07, 6.45) is 0. The highest BCUT2D eigenvalue weighted by atomic mass is 16.4. The Bertz CT molecular complexity index is 554. The van der Waals surface area contributed by atoms with Gasteiger partial charge in [-0.15, -0.1) is 10.2 Å². The van der Waals surface area contributed by atoms with E-state index in [1.807, 2.05) is 24.3 Å². The minimum atomic E-state index is 0.420. The van der Waals surface area contributed by atoms with E-state index in [9.17, 15) is 0 Å². The maximum absolute atomic E-state index is 5.46. The van der Waals surface area contributed by atoms with Gasteiger partial charge in [-0.25, -0.2) is 0 Å². The molecule has 2 aromatic heterocycles. The molecule has 7 heteroatoms. The third kappa shape index (κ3) is 1.58. The Balaban J connectivity index is 1.79. The zero-order valence-electron chi connectivity index (χ0n) is 8.21. The van der Waals surface area contributed by atoms with Crippen molar-refractivity contribution in [3.63, 3.8) is 0 Å². The second kappa shape index (κ2) is 3.61. The Morgan fingerprint density at radius 1 is 1.31 bits per heavy atom. The number of aromatic amines is 1. The number of nitrogens with one attached hydrogen (secondary N) is 2. The highest BCUT2D eigenvalue weighted by Crippen LogP contribution is 2.17. The van der Waals surface area contributed by atoms with E-state index >= 15 is 0 Å². The van der Waals surface area contributed by atoms with Crippen LogP contribution in [0.2, 0.25) is 0 Å². The van der Waals surface area contributed by atoms with E-state index in [-0.39, 0.29) is 0 Å². The van der Waals surface area contributed by atoms with E-state index in [4.69, 9.17) is 4.42 Å². The summed E-state index contributed by atoms with van der Waals surface area (Å²) in [4.78, 5) is 4.25. The van der Waals surface area contributed by atoms with Gasteiger partial charge in [0.05, 0.1) is 6.54 Å². The van der Waals surface area contributed by atoms with E-state index in [0.717, 1.165) is 11.1 Å². The first-order valence-corrected chi connectivity index (χ1v) is 4.73. The van der Waals surface area contributed by atoms with Crippen LogP contribution in [0.5, 0.6) is 0 Å². The van der Waals surface area contributed by atoms with Crippen molar-refractivity contribution in [2.75, 3.05) is 5.32 Å². The first kappa shape index (κ1) is 8.84. The number of hydrogen-bond acceptors (Lipinski definition) is 6. The molecule has 1 aromatic carbocycles. The van der Waals surface area contributed by atoms with Gasteiger partial charge in [0.15, 0.2) is 11.4 Å². The number of tetrazole rings is 1. The van der Waals surface area contributed by atoms with Crippen LogP contribution < -0.4 is 5.32 Å². The van der Waals surface area contributed by atoms with Crippen molar-refractivity contribution >= 4 is 17.1 Å². The van der Waals surface area contributed by atoms with Crippen LogP contribution in [0.15, 0.2) is 28.7 Å². The standard InChI is InChI=1S/C9H8N6O/c1-2-4-7-6(3-1)11-9(16-7)10-5-8-12-14-15-13-8/h1-4H,5H2,(H,10,11)(H,12,13,14,15). The average molecular weight is 216 g/mol. The minimum absolute atomic E-state index is 0.420. The quantitative estimate of drug-likeness (QED) is 0.677. The van der Waals surface area contributed by atoms with E-state index in [2.05, 4.69) is 30.9 Å². The molecule has 7 nitrogen and oxygen atoms in total. The lowest BCUT2D eigenvalue weighted by Crippen LogP contribution is -2.01. The molecule has 80 valence electrons. The molecule has 16 heavy (non-hydrogen) atoms. The molecular formula is C9H8N6O. The van der Waals surface area contributed by atoms with Crippen molar-refractivity contribution < 1.29 is 4.42 Å². The number of nitrogens with zero attached hydrogens (tertiary/aromatic N) is 4. The number of oxazole rings is 1. The van der Waals surface area contributed by atoms with Crippen molar-refractivity contribution in [1.82, 2.24) is 25.6 Å². The van der Waals surface area contributed by atoms with Crippen LogP contribution in [-0.2, 0) is 6.54 Å². The van der Waals surface area contributed by atoms with Gasteiger partial charge in [-0.3, -0.25) is 0 Å². The lowest BCUT2D eigenvalue weighted by atomic mass is 10.3. The third-order valence-electron chi connectivity index (χ3n) is 2.08. The number of H-pyrrole nitrogens is 1. The maximum atomic E-state index is 5.46. The molecule has 0 spiro atoms. The Hall–Kier alpha value is -2.44. The van der Waals surface area contributed by atoms with Gasteiger partial charge in [0.25, 0.3) is 6.01 Å². The van der Waals surface area contributed by atoms with E-state index in [1.165, 1.54) is 0 Å². The molecule has 0 fully saturated rings. The molecule has 0 unspecified atom stereocenters. The summed E-state index contributed by atoms with van der Waals surface area (Å²) in [6, 6.07) is 8.01. The van der Waals surface area contributed by atoms with Gasteiger partial charge in [0.2, 0.25) is 0 Å². The van der Waals surface area contributed by atoms with Gasteiger partial charge in [-0.05, 0) is 12.1 Å². The number of rotatable bonds is 3. The highest BCUT2D eigenvalue weighted by molar-refractivity contribution is 5.74. The fraction of sp³-hybridized carbons (Fsp3) is 0.111. The Kier molecular flexibility index (Phi) is 1.99. The smallest absolute Gasteiger partial charge is 0.296 e. The molecule has 0 aliphatic rings. The molecule has 0 aliphatic carbocycles. The molecular weight excluding hydrogens is 208 g/mol. The van der Waals surface area contributed by atoms with Crippen molar-refractivity contribution in [2.24, 2.45) is 0 Å². The van der Waals surface area contributed by atoms with Gasteiger partial charge >= 0.3 is 0 Å². The van der Waals surface area contributed by atoms with Crippen LogP contribution in [-0.4, -0.2) is 25.6 Å². The van der Waals surface area contributed by atoms with Crippen molar-refractivity contribution in [3.05, 3.63) is 30.1 Å². The van der Waals surface area contributed by atoms with Gasteiger partial charge in [-0.1, -0.05) is 17.3 Å². The van der Waals surface area contributed by atoms with Crippen LogP contribution >= 0.6 is 0 Å². The number of hydrogen-bond donors (Lipinski definition) is 2. The number of aromatic nitrogens is 5. The van der Waals surface area contributed by atoms with Gasteiger partial charge in [0, 0.05) is 0 Å². The second-order valence-corrected chi connectivity index (χ2v) is 3.17. The average Bonchev–Trinajstić information content (AvgIpc) is 2.95. The summed E-state index contributed by atoms with van der Waals surface area (Å²) >= 11 is 0. The van der Waals surface area contributed by atoms with E-state index in [0.29, 0.717) is 18.4 Å². The summed E-state index contributed by atoms with van der Waals surface area (Å²) in [6.45, 7) is 0.420. The zero-order valence-corrected chi connectivity index (χ0v) is 8.21. The van der Waals surface area contributed by atoms with Crippen LogP contribution in [0.3, 0.4) is 0 Å². The summed E-state index contributed by atoms with van der Waals surface area (Å²) in [5.41, 5.74) is 1.57. The summed E-state index contributed by atoms with van der Waals surface area (Å²) in [7, 11) is 0. The largest absolute Gasteiger partial charge is 0.424 e. The van der Waals surface area contributed by atoms with Crippen molar-refractivity contribution in [3.8, 4) is 0 Å². The van der Waals surface area contributed by atoms with Crippen LogP contribution in [0.25, 0.3) is 11.1 Å². The first-order chi connectivity index (χ1) is 7.92. The first-order valence-electron chi connectivity index (χ1n) is 4.73. The van der Waals surface area contributed by atoms with Crippen LogP contribution in [0.4, 0.5) is 6.01 Å². The lowest BCUT2D eigenvalue weighted by molar-refractivity contribution is 0.613. The predicted octanol–water partition coefficient (Wildman–Crippen LogP) is 0.953. The molecule has 0 aliphatic heterocycles. The van der Waals surface area contributed by atoms with Crippen molar-refractivity contribution in [2.45, 2.75) is 6.54 Å². The molecule has 0 saturated carbocycles. The fourth-order valence-electron chi connectivity index (χ4n) is 1.36. The van der Waals surface area contributed by atoms with Crippen LogP contribution in [0, 0.1) is 0 Å². The van der Waals surface area contributed by atoms with Crippen molar-refractivity contribution in [1.29, 1.82) is 0 Å². The van der Waals surface area contributed by atoms with E-state index in [1.54, 1.807) is 0 Å². The van der Waals surface area contributed by atoms with E-state index < -0.39 is 0 Å². The molecule has 2 N–H and O–H groups in total. The number of anilines is 1. The molecule has 2 heterocycles. The Morgan fingerprint density at radius 2 is 2.25 bits per heavy atom. The second-order valence-electron chi connectivity index (χ2n) is 3.17. The lowest BCUT2D eigenvalue weighted by Gasteiger charge is -1.94. The summed E-state index contributed by atoms with van der Waals surface area (Å²) in [5.74, 6) is 0.558. The topological polar surface area (TPSA) is 92.5 Å². The third-order valence-corrected chi connectivity index (χ3v) is 2.08. The number of fused-ring (bicyclic) bond motifs is 1. The molecule has 0 atom stereocenters. The van der Waals surface area contributed by atoms with Gasteiger partial charge < -0.3 is 9.73 Å². The minimum Gasteiger partial charge on any atom is -0.424 e. The molecule has 0 amide bonds. The highest BCUT2D eigenvalue weighted by Gasteiger charge is 2.05. The van der Waals surface area contributed by atoms with Crippen LogP contribution in [0.1, 0.15) is 5.82 Å². The van der Waals surface area contributed by atoms with Gasteiger partial charge in [-0.2, -0.15) is 10.2 Å². The Labute approximate surface area is 89.9 Å². The number of para-hydroxylation sites is 2. The SMILES string of the molecule is c1ccc2oc(NCc3nn[nH]n3)nc2c1. The molecule has 0 radical (unpaired) electrons.